The van der Waals surface area contributed by atoms with Gasteiger partial charge in [-0.1, -0.05) is 6.07 Å². The molecule has 1 fully saturated rings. The third-order valence-electron chi connectivity index (χ3n) is 5.67. The summed E-state index contributed by atoms with van der Waals surface area (Å²) in [6, 6.07) is 5.45. The van der Waals surface area contributed by atoms with Gasteiger partial charge in [-0.2, -0.15) is 0 Å². The van der Waals surface area contributed by atoms with Gasteiger partial charge in [-0.15, -0.1) is 0 Å². The second-order valence-electron chi connectivity index (χ2n) is 7.70. The highest BCUT2D eigenvalue weighted by molar-refractivity contribution is 5.93. The summed E-state index contributed by atoms with van der Waals surface area (Å²) in [5.74, 6) is 0.346. The van der Waals surface area contributed by atoms with E-state index in [1.807, 2.05) is 24.4 Å². The number of carbonyl (C=O) groups is 1. The van der Waals surface area contributed by atoms with Crippen LogP contribution >= 0.6 is 0 Å². The van der Waals surface area contributed by atoms with E-state index in [2.05, 4.69) is 15.3 Å². The Morgan fingerprint density at radius 3 is 2.97 bits per heavy atom. The Kier molecular flexibility index (Phi) is 6.06. The summed E-state index contributed by atoms with van der Waals surface area (Å²) in [4.78, 5) is 21.8. The number of methoxy groups -OCH3 is 1. The second-order valence-corrected chi connectivity index (χ2v) is 7.70. The van der Waals surface area contributed by atoms with Crippen LogP contribution in [0.5, 0.6) is 5.88 Å². The van der Waals surface area contributed by atoms with Crippen molar-refractivity contribution in [3.63, 3.8) is 0 Å². The van der Waals surface area contributed by atoms with Crippen LogP contribution in [0.1, 0.15) is 52.1 Å². The molecular formula is C22H27N3O4. The van der Waals surface area contributed by atoms with E-state index >= 15 is 0 Å². The van der Waals surface area contributed by atoms with E-state index in [4.69, 9.17) is 9.47 Å². The SMILES string of the molecule is COc1ccc(Cc2cc(C(=O)N[C@H]3CCOC[C@@H]3O)nc3c2CCCC3)cn1. The molecule has 7 heteroatoms. The van der Waals surface area contributed by atoms with E-state index in [-0.39, 0.29) is 18.6 Å². The number of aliphatic hydroxyl groups is 1. The summed E-state index contributed by atoms with van der Waals surface area (Å²) < 4.78 is 10.4. The number of aliphatic hydroxyl groups excluding tert-OH is 1. The molecule has 2 atom stereocenters. The number of nitrogens with zero attached hydrogens (tertiary/aromatic N) is 2. The number of carbonyl (C=O) groups excluding carboxylic acids is 1. The zero-order valence-corrected chi connectivity index (χ0v) is 16.7. The van der Waals surface area contributed by atoms with Crippen LogP contribution in [0.2, 0.25) is 0 Å². The smallest absolute Gasteiger partial charge is 0.270 e. The number of rotatable bonds is 5. The minimum atomic E-state index is -0.685. The molecule has 2 aromatic rings. The third kappa shape index (κ3) is 4.57. The van der Waals surface area contributed by atoms with Crippen LogP contribution in [-0.4, -0.2) is 53.5 Å². The Bertz CT molecular complexity index is 869. The number of pyridine rings is 2. The van der Waals surface area contributed by atoms with E-state index < -0.39 is 6.10 Å². The maximum absolute atomic E-state index is 12.9. The monoisotopic (exact) mass is 397 g/mol. The Balaban J connectivity index is 1.59. The molecule has 1 aliphatic heterocycles. The minimum absolute atomic E-state index is 0.238. The molecule has 0 bridgehead atoms. The van der Waals surface area contributed by atoms with Crippen molar-refractivity contribution in [2.45, 2.75) is 50.7 Å². The number of hydrogen-bond acceptors (Lipinski definition) is 6. The number of ether oxygens (including phenoxy) is 2. The van der Waals surface area contributed by atoms with Gasteiger partial charge in [0, 0.05) is 24.6 Å². The molecule has 0 aromatic carbocycles. The summed E-state index contributed by atoms with van der Waals surface area (Å²) in [7, 11) is 1.60. The first-order valence-electron chi connectivity index (χ1n) is 10.2. The van der Waals surface area contributed by atoms with Gasteiger partial charge in [-0.25, -0.2) is 9.97 Å². The van der Waals surface area contributed by atoms with Gasteiger partial charge < -0.3 is 19.9 Å². The molecule has 2 aliphatic rings. The van der Waals surface area contributed by atoms with Crippen LogP contribution in [0.25, 0.3) is 0 Å². The van der Waals surface area contributed by atoms with Crippen LogP contribution in [0, 0.1) is 0 Å². The molecule has 0 spiro atoms. The van der Waals surface area contributed by atoms with Crippen molar-refractivity contribution in [1.82, 2.24) is 15.3 Å². The predicted molar refractivity (Wildman–Crippen MR) is 107 cm³/mol. The molecule has 1 aliphatic carbocycles. The summed E-state index contributed by atoms with van der Waals surface area (Å²) in [6.45, 7) is 0.785. The van der Waals surface area contributed by atoms with Crippen LogP contribution in [-0.2, 0) is 24.0 Å². The molecule has 1 amide bonds. The largest absolute Gasteiger partial charge is 0.481 e. The number of aromatic nitrogens is 2. The van der Waals surface area contributed by atoms with Crippen LogP contribution < -0.4 is 10.1 Å². The molecule has 154 valence electrons. The topological polar surface area (TPSA) is 93.6 Å². The highest BCUT2D eigenvalue weighted by atomic mass is 16.5. The van der Waals surface area contributed by atoms with E-state index in [9.17, 15) is 9.90 Å². The van der Waals surface area contributed by atoms with Gasteiger partial charge in [0.05, 0.1) is 25.9 Å². The van der Waals surface area contributed by atoms with Gasteiger partial charge in [0.1, 0.15) is 5.69 Å². The average molecular weight is 397 g/mol. The zero-order valence-electron chi connectivity index (χ0n) is 16.7. The lowest BCUT2D eigenvalue weighted by Gasteiger charge is -2.28. The van der Waals surface area contributed by atoms with Gasteiger partial charge >= 0.3 is 0 Å². The lowest BCUT2D eigenvalue weighted by atomic mass is 9.89. The van der Waals surface area contributed by atoms with Crippen molar-refractivity contribution in [3.8, 4) is 5.88 Å². The normalized spacial score (nSPS) is 21.3. The van der Waals surface area contributed by atoms with Gasteiger partial charge in [0.25, 0.3) is 5.91 Å². The standard InChI is InChI=1S/C22H27N3O4/c1-28-21-7-6-14(12-23-21)10-15-11-19(24-17-5-3-2-4-16(15)17)22(27)25-18-8-9-29-13-20(18)26/h6-7,11-12,18,20,26H,2-5,8-10,13H2,1H3,(H,25,27)/t18-,20-/m0/s1. The molecule has 7 nitrogen and oxygen atoms in total. The van der Waals surface area contributed by atoms with Crippen LogP contribution in [0.3, 0.4) is 0 Å². The van der Waals surface area contributed by atoms with Gasteiger partial charge in [-0.3, -0.25) is 4.79 Å². The fourth-order valence-electron chi connectivity index (χ4n) is 4.05. The molecule has 3 heterocycles. The van der Waals surface area contributed by atoms with E-state index in [1.165, 1.54) is 5.56 Å². The molecule has 1 saturated heterocycles. The molecule has 0 unspecified atom stereocenters. The summed E-state index contributed by atoms with van der Waals surface area (Å²) in [6.07, 6.45) is 6.54. The lowest BCUT2D eigenvalue weighted by molar-refractivity contribution is -0.0261. The highest BCUT2D eigenvalue weighted by Crippen LogP contribution is 2.26. The minimum Gasteiger partial charge on any atom is -0.481 e. The number of nitrogens with one attached hydrogen (secondary N) is 1. The average Bonchev–Trinajstić information content (AvgIpc) is 2.76. The Morgan fingerprint density at radius 2 is 2.21 bits per heavy atom. The van der Waals surface area contributed by atoms with E-state index in [1.54, 1.807) is 7.11 Å². The van der Waals surface area contributed by atoms with Gasteiger partial charge in [0.15, 0.2) is 0 Å². The quantitative estimate of drug-likeness (QED) is 0.800. The number of hydrogen-bond donors (Lipinski definition) is 2. The maximum Gasteiger partial charge on any atom is 0.270 e. The van der Waals surface area contributed by atoms with Crippen LogP contribution in [0.4, 0.5) is 0 Å². The predicted octanol–water partition coefficient (Wildman–Crippen LogP) is 1.83. The van der Waals surface area contributed by atoms with Crippen molar-refractivity contribution >= 4 is 5.91 Å². The van der Waals surface area contributed by atoms with Crippen molar-refractivity contribution in [1.29, 1.82) is 0 Å². The first-order valence-corrected chi connectivity index (χ1v) is 10.2. The summed E-state index contributed by atoms with van der Waals surface area (Å²) >= 11 is 0. The van der Waals surface area contributed by atoms with Crippen molar-refractivity contribution in [3.05, 3.63) is 52.5 Å². The maximum atomic E-state index is 12.9. The number of fused-ring (bicyclic) bond motifs is 1. The third-order valence-corrected chi connectivity index (χ3v) is 5.67. The number of amides is 1. The Labute approximate surface area is 170 Å². The fourth-order valence-corrected chi connectivity index (χ4v) is 4.05. The lowest BCUT2D eigenvalue weighted by Crippen LogP contribution is -2.48. The summed E-state index contributed by atoms with van der Waals surface area (Å²) in [5.41, 5.74) is 4.89. The van der Waals surface area contributed by atoms with E-state index in [0.717, 1.165) is 42.5 Å². The zero-order chi connectivity index (χ0) is 20.2. The van der Waals surface area contributed by atoms with Crippen molar-refractivity contribution in [2.75, 3.05) is 20.3 Å². The molecule has 0 radical (unpaired) electrons. The first-order chi connectivity index (χ1) is 14.1. The summed E-state index contributed by atoms with van der Waals surface area (Å²) in [5, 5.41) is 13.0. The van der Waals surface area contributed by atoms with Crippen molar-refractivity contribution < 1.29 is 19.4 Å². The van der Waals surface area contributed by atoms with Gasteiger partial charge in [-0.05, 0) is 61.3 Å². The van der Waals surface area contributed by atoms with E-state index in [0.29, 0.717) is 31.0 Å². The highest BCUT2D eigenvalue weighted by Gasteiger charge is 2.27. The first kappa shape index (κ1) is 19.8. The molecule has 0 saturated carbocycles. The molecule has 29 heavy (non-hydrogen) atoms. The van der Waals surface area contributed by atoms with Gasteiger partial charge in [0.2, 0.25) is 5.88 Å². The molecule has 2 aromatic heterocycles. The van der Waals surface area contributed by atoms with Crippen LogP contribution in [0.15, 0.2) is 24.4 Å². The molecule has 4 rings (SSSR count). The Morgan fingerprint density at radius 1 is 1.34 bits per heavy atom. The fraction of sp³-hybridized carbons (Fsp3) is 0.500. The Hall–Kier alpha value is -2.51. The molecular weight excluding hydrogens is 370 g/mol. The second kappa shape index (κ2) is 8.88. The van der Waals surface area contributed by atoms with Crippen molar-refractivity contribution in [2.24, 2.45) is 0 Å². The number of aryl methyl sites for hydroxylation is 1. The molecule has 2 N–H and O–H groups in total.